The van der Waals surface area contributed by atoms with Crippen LogP contribution in [-0.2, 0) is 9.84 Å². The molecule has 0 saturated heterocycles. The van der Waals surface area contributed by atoms with E-state index in [1.54, 1.807) is 19.1 Å². The van der Waals surface area contributed by atoms with Crippen LogP contribution in [0.15, 0.2) is 23.1 Å². The van der Waals surface area contributed by atoms with E-state index < -0.39 is 15.1 Å². The smallest absolute Gasteiger partial charge is 0.183 e. The lowest BCUT2D eigenvalue weighted by Gasteiger charge is -2.20. The van der Waals surface area contributed by atoms with Gasteiger partial charge in [0.1, 0.15) is 0 Å². The van der Waals surface area contributed by atoms with E-state index >= 15 is 0 Å². The second kappa shape index (κ2) is 5.19. The predicted molar refractivity (Wildman–Crippen MR) is 68.8 cm³/mol. The number of aliphatic hydroxyl groups is 1. The average Bonchev–Trinajstić information content (AvgIpc) is 2.16. The maximum atomic E-state index is 12.4. The molecule has 0 aliphatic rings. The van der Waals surface area contributed by atoms with Crippen LogP contribution in [0.4, 0.5) is 0 Å². The minimum Gasteiger partial charge on any atom is -0.395 e. The highest BCUT2D eigenvalue weighted by atomic mass is 32.2. The van der Waals surface area contributed by atoms with Crippen LogP contribution in [0, 0.1) is 19.8 Å². The second-order valence-electron chi connectivity index (χ2n) is 4.78. The number of aliphatic hydroxyl groups excluding tert-OH is 1. The number of hydrogen-bond acceptors (Lipinski definition) is 3. The maximum Gasteiger partial charge on any atom is 0.183 e. The summed E-state index contributed by atoms with van der Waals surface area (Å²) in [6, 6.07) is 5.27. The number of hydrogen-bond donors (Lipinski definition) is 1. The van der Waals surface area contributed by atoms with Crippen molar-refractivity contribution in [3.05, 3.63) is 29.3 Å². The van der Waals surface area contributed by atoms with Crippen molar-refractivity contribution in [3.63, 3.8) is 0 Å². The molecule has 3 nitrogen and oxygen atoms in total. The SMILES string of the molecule is Cc1ccc(S(=O)(=O)C(CO)C(C)C)c(C)c1. The number of rotatable bonds is 4. The molecule has 1 rings (SSSR count). The first kappa shape index (κ1) is 14.2. The van der Waals surface area contributed by atoms with E-state index in [0.717, 1.165) is 11.1 Å². The standard InChI is InChI=1S/C13H20O3S/c1-9(2)13(8-14)17(15,16)12-6-5-10(3)7-11(12)4/h5-7,9,13-14H,8H2,1-4H3. The van der Waals surface area contributed by atoms with E-state index in [1.807, 2.05) is 26.8 Å². The summed E-state index contributed by atoms with van der Waals surface area (Å²) < 4.78 is 24.8. The second-order valence-corrected chi connectivity index (χ2v) is 6.91. The molecule has 0 aliphatic carbocycles. The lowest BCUT2D eigenvalue weighted by atomic mass is 10.1. The van der Waals surface area contributed by atoms with Crippen molar-refractivity contribution in [2.24, 2.45) is 5.92 Å². The monoisotopic (exact) mass is 256 g/mol. The molecule has 17 heavy (non-hydrogen) atoms. The molecule has 1 atom stereocenters. The Morgan fingerprint density at radius 1 is 1.24 bits per heavy atom. The first-order valence-corrected chi connectivity index (χ1v) is 7.27. The fourth-order valence-corrected chi connectivity index (χ4v) is 3.95. The highest BCUT2D eigenvalue weighted by molar-refractivity contribution is 7.92. The van der Waals surface area contributed by atoms with Gasteiger partial charge in [-0.05, 0) is 31.4 Å². The number of benzene rings is 1. The molecule has 1 aromatic carbocycles. The van der Waals surface area contributed by atoms with Gasteiger partial charge in [-0.25, -0.2) is 8.42 Å². The van der Waals surface area contributed by atoms with Gasteiger partial charge in [-0.3, -0.25) is 0 Å². The Morgan fingerprint density at radius 3 is 2.24 bits per heavy atom. The number of sulfone groups is 1. The van der Waals surface area contributed by atoms with Crippen molar-refractivity contribution in [1.29, 1.82) is 0 Å². The third-order valence-corrected chi connectivity index (χ3v) is 5.52. The molecule has 1 N–H and O–H groups in total. The zero-order valence-electron chi connectivity index (χ0n) is 10.8. The minimum absolute atomic E-state index is 0.106. The van der Waals surface area contributed by atoms with E-state index in [0.29, 0.717) is 4.90 Å². The molecule has 0 amide bonds. The molecular formula is C13H20O3S. The molecular weight excluding hydrogens is 236 g/mol. The molecule has 4 heteroatoms. The van der Waals surface area contributed by atoms with Crippen LogP contribution >= 0.6 is 0 Å². The highest BCUT2D eigenvalue weighted by Gasteiger charge is 2.30. The maximum absolute atomic E-state index is 12.4. The fourth-order valence-electron chi connectivity index (χ4n) is 1.95. The van der Waals surface area contributed by atoms with Crippen molar-refractivity contribution in [2.75, 3.05) is 6.61 Å². The molecule has 0 spiro atoms. The lowest BCUT2D eigenvalue weighted by molar-refractivity contribution is 0.269. The summed E-state index contributed by atoms with van der Waals surface area (Å²) in [5, 5.41) is 8.53. The van der Waals surface area contributed by atoms with E-state index in [1.165, 1.54) is 0 Å². The van der Waals surface area contributed by atoms with Gasteiger partial charge in [-0.15, -0.1) is 0 Å². The van der Waals surface area contributed by atoms with Crippen LogP contribution in [-0.4, -0.2) is 25.4 Å². The summed E-state index contributed by atoms with van der Waals surface area (Å²) in [4.78, 5) is 0.329. The summed E-state index contributed by atoms with van der Waals surface area (Å²) in [7, 11) is -3.45. The predicted octanol–water partition coefficient (Wildman–Crippen LogP) is 2.09. The topological polar surface area (TPSA) is 54.4 Å². The number of aryl methyl sites for hydroxylation is 2. The normalized spacial score (nSPS) is 14.0. The third kappa shape index (κ3) is 2.87. The molecule has 0 aliphatic heterocycles. The molecule has 0 fully saturated rings. The quantitative estimate of drug-likeness (QED) is 0.897. The molecule has 0 aromatic heterocycles. The largest absolute Gasteiger partial charge is 0.395 e. The Balaban J connectivity index is 3.30. The van der Waals surface area contributed by atoms with Gasteiger partial charge in [0, 0.05) is 0 Å². The summed E-state index contributed by atoms with van der Waals surface area (Å²) in [6.45, 7) is 6.99. The first-order valence-electron chi connectivity index (χ1n) is 5.72. The van der Waals surface area contributed by atoms with Crippen molar-refractivity contribution in [2.45, 2.75) is 37.8 Å². The summed E-state index contributed by atoms with van der Waals surface area (Å²) in [6.07, 6.45) is 0. The molecule has 0 saturated carbocycles. The average molecular weight is 256 g/mol. The summed E-state index contributed by atoms with van der Waals surface area (Å²) in [5.74, 6) is -0.106. The van der Waals surface area contributed by atoms with Gasteiger partial charge in [0.05, 0.1) is 16.8 Å². The van der Waals surface area contributed by atoms with Crippen molar-refractivity contribution < 1.29 is 13.5 Å². The lowest BCUT2D eigenvalue weighted by Crippen LogP contribution is -2.31. The molecule has 96 valence electrons. The van der Waals surface area contributed by atoms with Gasteiger partial charge in [0.2, 0.25) is 0 Å². The van der Waals surface area contributed by atoms with Crippen molar-refractivity contribution in [3.8, 4) is 0 Å². The summed E-state index contributed by atoms with van der Waals surface area (Å²) >= 11 is 0. The highest BCUT2D eigenvalue weighted by Crippen LogP contribution is 2.24. The van der Waals surface area contributed by atoms with Gasteiger partial charge in [-0.1, -0.05) is 31.5 Å². The van der Waals surface area contributed by atoms with Gasteiger partial charge in [0.15, 0.2) is 9.84 Å². The Kier molecular flexibility index (Phi) is 4.33. The van der Waals surface area contributed by atoms with Crippen LogP contribution in [0.3, 0.4) is 0 Å². The first-order chi connectivity index (χ1) is 7.80. The van der Waals surface area contributed by atoms with E-state index in [-0.39, 0.29) is 12.5 Å². The molecule has 0 heterocycles. The van der Waals surface area contributed by atoms with Crippen LogP contribution < -0.4 is 0 Å². The van der Waals surface area contributed by atoms with Crippen LogP contribution in [0.1, 0.15) is 25.0 Å². The van der Waals surface area contributed by atoms with E-state index in [9.17, 15) is 13.5 Å². The van der Waals surface area contributed by atoms with Gasteiger partial charge in [-0.2, -0.15) is 0 Å². The van der Waals surface area contributed by atoms with Gasteiger partial charge < -0.3 is 5.11 Å². The minimum atomic E-state index is -3.45. The Bertz CT molecular complexity index is 489. The fraction of sp³-hybridized carbons (Fsp3) is 0.538. The zero-order chi connectivity index (χ0) is 13.2. The zero-order valence-corrected chi connectivity index (χ0v) is 11.6. The molecule has 1 aromatic rings. The van der Waals surface area contributed by atoms with Crippen molar-refractivity contribution >= 4 is 9.84 Å². The Labute approximate surface area is 103 Å². The third-order valence-electron chi connectivity index (χ3n) is 2.96. The Hall–Kier alpha value is -0.870. The van der Waals surface area contributed by atoms with Crippen LogP contribution in [0.25, 0.3) is 0 Å². The summed E-state index contributed by atoms with van der Waals surface area (Å²) in [5.41, 5.74) is 1.77. The molecule has 0 bridgehead atoms. The van der Waals surface area contributed by atoms with Crippen molar-refractivity contribution in [1.82, 2.24) is 0 Å². The van der Waals surface area contributed by atoms with Gasteiger partial charge in [0.25, 0.3) is 0 Å². The van der Waals surface area contributed by atoms with Crippen LogP contribution in [0.2, 0.25) is 0 Å². The Morgan fingerprint density at radius 2 is 1.82 bits per heavy atom. The molecule has 0 radical (unpaired) electrons. The van der Waals surface area contributed by atoms with Crippen LogP contribution in [0.5, 0.6) is 0 Å². The van der Waals surface area contributed by atoms with E-state index in [2.05, 4.69) is 0 Å². The van der Waals surface area contributed by atoms with E-state index in [4.69, 9.17) is 0 Å². The molecule has 1 unspecified atom stereocenters. The van der Waals surface area contributed by atoms with Gasteiger partial charge >= 0.3 is 0 Å².